The lowest BCUT2D eigenvalue weighted by Crippen LogP contribution is -2.32. The lowest BCUT2D eigenvalue weighted by molar-refractivity contribution is -0.129. The van der Waals surface area contributed by atoms with Crippen molar-refractivity contribution in [3.8, 4) is 11.5 Å². The number of rotatable bonds is 6. The quantitative estimate of drug-likeness (QED) is 0.612. The van der Waals surface area contributed by atoms with Gasteiger partial charge in [-0.1, -0.05) is 60.3 Å². The van der Waals surface area contributed by atoms with Crippen molar-refractivity contribution < 1.29 is 9.21 Å². The third kappa shape index (κ3) is 4.32. The monoisotopic (exact) mass is 367 g/mol. The number of carbonyl (C=O) groups is 1. The summed E-state index contributed by atoms with van der Waals surface area (Å²) in [5.41, 5.74) is 3.08. The van der Waals surface area contributed by atoms with Crippen LogP contribution in [0.15, 0.2) is 64.2 Å². The second-order valence-corrected chi connectivity index (χ2v) is 7.42. The summed E-state index contributed by atoms with van der Waals surface area (Å²) in [6, 6.07) is 17.8. The zero-order valence-electron chi connectivity index (χ0n) is 15.0. The van der Waals surface area contributed by atoms with Crippen molar-refractivity contribution in [3.63, 3.8) is 0 Å². The number of amides is 1. The minimum absolute atomic E-state index is 0.0227. The molecule has 3 aromatic rings. The summed E-state index contributed by atoms with van der Waals surface area (Å²) in [5.74, 6) is 0.498. The molecule has 0 saturated heterocycles. The third-order valence-corrected chi connectivity index (χ3v) is 4.97. The Morgan fingerprint density at radius 3 is 2.54 bits per heavy atom. The second-order valence-electron chi connectivity index (χ2n) is 6.13. The number of thioether (sulfide) groups is 1. The van der Waals surface area contributed by atoms with E-state index < -0.39 is 0 Å². The summed E-state index contributed by atoms with van der Waals surface area (Å²) >= 11 is 1.28. The average Bonchev–Trinajstić information content (AvgIpc) is 3.10. The van der Waals surface area contributed by atoms with Crippen molar-refractivity contribution in [2.45, 2.75) is 30.9 Å². The Hall–Kier alpha value is -2.60. The minimum atomic E-state index is -0.311. The molecule has 0 radical (unpaired) electrons. The SMILES string of the molecule is Cc1ccccc1-c1nnc(SC(C)C(=O)N(C)Cc2ccccc2)o1. The van der Waals surface area contributed by atoms with Gasteiger partial charge in [0.15, 0.2) is 0 Å². The van der Waals surface area contributed by atoms with E-state index in [1.54, 1.807) is 11.9 Å². The number of carbonyl (C=O) groups excluding carboxylic acids is 1. The van der Waals surface area contributed by atoms with Crippen LogP contribution in [0.3, 0.4) is 0 Å². The molecule has 0 aliphatic rings. The first-order valence-electron chi connectivity index (χ1n) is 8.39. The molecule has 0 aliphatic heterocycles. The maximum absolute atomic E-state index is 12.6. The van der Waals surface area contributed by atoms with Gasteiger partial charge in [0.1, 0.15) is 0 Å². The van der Waals surface area contributed by atoms with E-state index in [2.05, 4.69) is 10.2 Å². The Morgan fingerprint density at radius 2 is 1.81 bits per heavy atom. The van der Waals surface area contributed by atoms with Crippen molar-refractivity contribution in [1.82, 2.24) is 15.1 Å². The largest absolute Gasteiger partial charge is 0.411 e. The fourth-order valence-corrected chi connectivity index (χ4v) is 3.42. The van der Waals surface area contributed by atoms with Crippen LogP contribution in [0, 0.1) is 6.92 Å². The summed E-state index contributed by atoms with van der Waals surface area (Å²) < 4.78 is 5.74. The molecule has 6 heteroatoms. The normalized spacial score (nSPS) is 12.0. The number of aromatic nitrogens is 2. The summed E-state index contributed by atoms with van der Waals surface area (Å²) in [7, 11) is 1.80. The number of aryl methyl sites for hydroxylation is 1. The molecule has 1 atom stereocenters. The van der Waals surface area contributed by atoms with E-state index >= 15 is 0 Å². The molecule has 1 amide bonds. The molecule has 1 unspecified atom stereocenters. The Balaban J connectivity index is 1.63. The molecule has 0 N–H and O–H groups in total. The first-order valence-corrected chi connectivity index (χ1v) is 9.27. The number of benzene rings is 2. The number of hydrogen-bond acceptors (Lipinski definition) is 5. The highest BCUT2D eigenvalue weighted by molar-refractivity contribution is 8.00. The van der Waals surface area contributed by atoms with Crippen LogP contribution < -0.4 is 0 Å². The molecule has 3 rings (SSSR count). The van der Waals surface area contributed by atoms with Gasteiger partial charge in [-0.3, -0.25) is 4.79 Å². The standard InChI is InChI=1S/C20H21N3O2S/c1-14-9-7-8-12-17(14)18-21-22-20(25-18)26-15(2)19(24)23(3)13-16-10-5-4-6-11-16/h4-12,15H,13H2,1-3H3. The Labute approximate surface area is 157 Å². The predicted octanol–water partition coefficient (Wildman–Crippen LogP) is 4.18. The van der Waals surface area contributed by atoms with Crippen LogP contribution in [-0.2, 0) is 11.3 Å². The highest BCUT2D eigenvalue weighted by atomic mass is 32.2. The lowest BCUT2D eigenvalue weighted by atomic mass is 10.1. The van der Waals surface area contributed by atoms with Gasteiger partial charge in [0.05, 0.1) is 5.25 Å². The smallest absolute Gasteiger partial charge is 0.277 e. The summed E-state index contributed by atoms with van der Waals surface area (Å²) in [5, 5.41) is 8.27. The highest BCUT2D eigenvalue weighted by Crippen LogP contribution is 2.28. The molecule has 0 aliphatic carbocycles. The Kier molecular flexibility index (Phi) is 5.73. The van der Waals surface area contributed by atoms with Crippen LogP contribution in [0.2, 0.25) is 0 Å². The van der Waals surface area contributed by atoms with Crippen molar-refractivity contribution in [2.24, 2.45) is 0 Å². The molecule has 0 bridgehead atoms. The minimum Gasteiger partial charge on any atom is -0.411 e. The molecule has 134 valence electrons. The zero-order valence-corrected chi connectivity index (χ0v) is 15.9. The van der Waals surface area contributed by atoms with Crippen LogP contribution in [0.4, 0.5) is 0 Å². The van der Waals surface area contributed by atoms with Crippen molar-refractivity contribution in [2.75, 3.05) is 7.05 Å². The first kappa shape index (κ1) is 18.2. The molecule has 1 aromatic heterocycles. The number of nitrogens with zero attached hydrogens (tertiary/aromatic N) is 3. The van der Waals surface area contributed by atoms with Gasteiger partial charge < -0.3 is 9.32 Å². The van der Waals surface area contributed by atoms with E-state index in [0.717, 1.165) is 16.7 Å². The van der Waals surface area contributed by atoms with Crippen molar-refractivity contribution in [3.05, 3.63) is 65.7 Å². The average molecular weight is 367 g/mol. The molecule has 26 heavy (non-hydrogen) atoms. The van der Waals surface area contributed by atoms with Gasteiger partial charge in [-0.15, -0.1) is 10.2 Å². The van der Waals surface area contributed by atoms with Crippen LogP contribution in [0.1, 0.15) is 18.1 Å². The fraction of sp³-hybridized carbons (Fsp3) is 0.250. The van der Waals surface area contributed by atoms with E-state index in [4.69, 9.17) is 4.42 Å². The van der Waals surface area contributed by atoms with Crippen LogP contribution in [0.5, 0.6) is 0 Å². The van der Waals surface area contributed by atoms with Crippen LogP contribution >= 0.6 is 11.8 Å². The van der Waals surface area contributed by atoms with Crippen molar-refractivity contribution >= 4 is 17.7 Å². The molecule has 0 spiro atoms. The van der Waals surface area contributed by atoms with E-state index in [0.29, 0.717) is 17.7 Å². The van der Waals surface area contributed by atoms with Crippen molar-refractivity contribution in [1.29, 1.82) is 0 Å². The first-order chi connectivity index (χ1) is 12.5. The fourth-order valence-electron chi connectivity index (χ4n) is 2.63. The van der Waals surface area contributed by atoms with Crippen LogP contribution in [-0.4, -0.2) is 33.3 Å². The van der Waals surface area contributed by atoms with E-state index in [-0.39, 0.29) is 11.2 Å². The molecule has 2 aromatic carbocycles. The summed E-state index contributed by atoms with van der Waals surface area (Å²) in [6.45, 7) is 4.42. The van der Waals surface area contributed by atoms with E-state index in [1.807, 2.05) is 68.4 Å². The predicted molar refractivity (Wildman–Crippen MR) is 103 cm³/mol. The topological polar surface area (TPSA) is 59.2 Å². The molecule has 0 saturated carbocycles. The maximum Gasteiger partial charge on any atom is 0.277 e. The highest BCUT2D eigenvalue weighted by Gasteiger charge is 2.22. The Morgan fingerprint density at radius 1 is 1.12 bits per heavy atom. The van der Waals surface area contributed by atoms with Gasteiger partial charge in [-0.05, 0) is 31.0 Å². The summed E-state index contributed by atoms with van der Waals surface area (Å²) in [6.07, 6.45) is 0. The second kappa shape index (κ2) is 8.19. The van der Waals surface area contributed by atoms with E-state index in [9.17, 15) is 4.79 Å². The lowest BCUT2D eigenvalue weighted by Gasteiger charge is -2.20. The van der Waals surface area contributed by atoms with Gasteiger partial charge in [0.2, 0.25) is 11.8 Å². The van der Waals surface area contributed by atoms with Gasteiger partial charge in [-0.2, -0.15) is 0 Å². The molecule has 1 heterocycles. The maximum atomic E-state index is 12.6. The van der Waals surface area contributed by atoms with Crippen LogP contribution in [0.25, 0.3) is 11.5 Å². The zero-order chi connectivity index (χ0) is 18.5. The third-order valence-electron chi connectivity index (χ3n) is 4.05. The molecule has 5 nitrogen and oxygen atoms in total. The van der Waals surface area contributed by atoms with Gasteiger partial charge in [0, 0.05) is 19.2 Å². The summed E-state index contributed by atoms with van der Waals surface area (Å²) in [4.78, 5) is 14.3. The molecular weight excluding hydrogens is 346 g/mol. The molecular formula is C20H21N3O2S. The van der Waals surface area contributed by atoms with E-state index in [1.165, 1.54) is 11.8 Å². The van der Waals surface area contributed by atoms with Gasteiger partial charge in [-0.25, -0.2) is 0 Å². The van der Waals surface area contributed by atoms with Gasteiger partial charge >= 0.3 is 0 Å². The Bertz CT molecular complexity index is 880. The molecule has 0 fully saturated rings. The van der Waals surface area contributed by atoms with Gasteiger partial charge in [0.25, 0.3) is 5.22 Å². The number of hydrogen-bond donors (Lipinski definition) is 0.